The Labute approximate surface area is 105 Å². The lowest BCUT2D eigenvalue weighted by atomic mass is 10.2. The second kappa shape index (κ2) is 7.32. The molecule has 0 amide bonds. The number of terminal acetylenes is 1. The third-order valence-electron chi connectivity index (χ3n) is 2.27. The minimum atomic E-state index is 0.298. The number of unbranched alkanes of at least 4 members (excludes halogenated alkanes) is 2. The molecule has 0 spiro atoms. The molecule has 0 saturated carbocycles. The summed E-state index contributed by atoms with van der Waals surface area (Å²) in [6, 6.07) is 5.28. The van der Waals surface area contributed by atoms with Crippen LogP contribution in [0.4, 0.5) is 0 Å². The summed E-state index contributed by atoms with van der Waals surface area (Å²) in [5, 5.41) is 12.7. The Morgan fingerprint density at radius 1 is 1.38 bits per heavy atom. The van der Waals surface area contributed by atoms with Gasteiger partial charge in [0.05, 0.1) is 0 Å². The van der Waals surface area contributed by atoms with E-state index in [2.05, 4.69) is 27.2 Å². The molecule has 0 heterocycles. The van der Waals surface area contributed by atoms with Crippen LogP contribution in [0.15, 0.2) is 22.7 Å². The highest BCUT2D eigenvalue weighted by Crippen LogP contribution is 2.21. The summed E-state index contributed by atoms with van der Waals surface area (Å²) >= 11 is 3.45. The maximum Gasteiger partial charge on any atom is 0.115 e. The Morgan fingerprint density at radius 2 is 2.19 bits per heavy atom. The van der Waals surface area contributed by atoms with E-state index < -0.39 is 0 Å². The van der Waals surface area contributed by atoms with E-state index in [1.165, 1.54) is 0 Å². The summed E-state index contributed by atoms with van der Waals surface area (Å²) < 4.78 is 1.02. The average molecular weight is 282 g/mol. The summed E-state index contributed by atoms with van der Waals surface area (Å²) in [5.74, 6) is 2.92. The topological polar surface area (TPSA) is 32.3 Å². The van der Waals surface area contributed by atoms with E-state index in [4.69, 9.17) is 6.42 Å². The van der Waals surface area contributed by atoms with Gasteiger partial charge in [-0.25, -0.2) is 0 Å². The molecule has 1 aromatic carbocycles. The first-order valence-electron chi connectivity index (χ1n) is 5.35. The number of hydrogen-bond donors (Lipinski definition) is 2. The molecular weight excluding hydrogens is 266 g/mol. The van der Waals surface area contributed by atoms with Crippen LogP contribution in [0.25, 0.3) is 0 Å². The second-order valence-electron chi connectivity index (χ2n) is 3.61. The third kappa shape index (κ3) is 4.69. The van der Waals surface area contributed by atoms with Crippen LogP contribution in [0.5, 0.6) is 5.75 Å². The maximum atomic E-state index is 9.34. The predicted octanol–water partition coefficient (Wildman–Crippen LogP) is 3.05. The molecule has 86 valence electrons. The van der Waals surface area contributed by atoms with Crippen molar-refractivity contribution < 1.29 is 5.11 Å². The van der Waals surface area contributed by atoms with Crippen LogP contribution in [0, 0.1) is 12.3 Å². The van der Waals surface area contributed by atoms with Crippen LogP contribution in [-0.4, -0.2) is 11.7 Å². The molecule has 0 fully saturated rings. The van der Waals surface area contributed by atoms with Crippen molar-refractivity contribution in [3.63, 3.8) is 0 Å². The summed E-state index contributed by atoms with van der Waals surface area (Å²) in [6.45, 7) is 1.70. The number of phenolic OH excluding ortho intramolecular Hbond substituents is 1. The molecule has 0 aliphatic rings. The van der Waals surface area contributed by atoms with Crippen molar-refractivity contribution in [2.75, 3.05) is 6.54 Å². The minimum Gasteiger partial charge on any atom is -0.508 e. The summed E-state index contributed by atoms with van der Waals surface area (Å²) in [6.07, 6.45) is 8.16. The fourth-order valence-corrected chi connectivity index (χ4v) is 1.78. The van der Waals surface area contributed by atoms with Gasteiger partial charge < -0.3 is 10.4 Å². The van der Waals surface area contributed by atoms with Gasteiger partial charge in [0.25, 0.3) is 0 Å². The first-order chi connectivity index (χ1) is 7.74. The van der Waals surface area contributed by atoms with Gasteiger partial charge >= 0.3 is 0 Å². The summed E-state index contributed by atoms with van der Waals surface area (Å²) in [7, 11) is 0. The van der Waals surface area contributed by atoms with Crippen LogP contribution in [0.3, 0.4) is 0 Å². The van der Waals surface area contributed by atoms with E-state index in [-0.39, 0.29) is 0 Å². The van der Waals surface area contributed by atoms with E-state index in [0.717, 1.165) is 42.4 Å². The Hall–Kier alpha value is -0.980. The monoisotopic (exact) mass is 281 g/mol. The molecule has 0 aliphatic carbocycles. The quantitative estimate of drug-likeness (QED) is 0.621. The molecule has 0 radical (unpaired) electrons. The molecule has 3 heteroatoms. The molecule has 0 bridgehead atoms. The molecule has 0 aliphatic heterocycles. The Morgan fingerprint density at radius 3 is 2.94 bits per heavy atom. The van der Waals surface area contributed by atoms with Crippen LogP contribution < -0.4 is 5.32 Å². The van der Waals surface area contributed by atoms with Crippen LogP contribution in [0.2, 0.25) is 0 Å². The molecule has 16 heavy (non-hydrogen) atoms. The predicted molar refractivity (Wildman–Crippen MR) is 70.2 cm³/mol. The van der Waals surface area contributed by atoms with Crippen molar-refractivity contribution in [2.24, 2.45) is 0 Å². The van der Waals surface area contributed by atoms with Gasteiger partial charge in [0.1, 0.15) is 5.75 Å². The van der Waals surface area contributed by atoms with Crippen molar-refractivity contribution in [2.45, 2.75) is 25.8 Å². The molecule has 2 nitrogen and oxygen atoms in total. The van der Waals surface area contributed by atoms with Gasteiger partial charge in [-0.15, -0.1) is 12.3 Å². The zero-order valence-corrected chi connectivity index (χ0v) is 10.8. The number of aromatic hydroxyl groups is 1. The first-order valence-corrected chi connectivity index (χ1v) is 6.15. The van der Waals surface area contributed by atoms with Crippen LogP contribution in [0.1, 0.15) is 24.8 Å². The highest BCUT2D eigenvalue weighted by Gasteiger charge is 2.00. The molecule has 1 rings (SSSR count). The average Bonchev–Trinajstić information content (AvgIpc) is 2.28. The van der Waals surface area contributed by atoms with Gasteiger partial charge in [0.2, 0.25) is 0 Å². The zero-order valence-electron chi connectivity index (χ0n) is 9.17. The standard InChI is InChI=1S/C13H16BrNO/c1-2-3-4-5-8-15-10-11-9-12(16)6-7-13(11)14/h1,6-7,9,15-16H,3-5,8,10H2. The van der Waals surface area contributed by atoms with E-state index >= 15 is 0 Å². The SMILES string of the molecule is C#CCCCCNCc1cc(O)ccc1Br. The first kappa shape index (κ1) is 13.1. The lowest BCUT2D eigenvalue weighted by Gasteiger charge is -2.07. The number of rotatable bonds is 6. The Bertz CT molecular complexity index is 371. The van der Waals surface area contributed by atoms with Gasteiger partial charge in [0, 0.05) is 17.4 Å². The molecule has 0 atom stereocenters. The van der Waals surface area contributed by atoms with Crippen LogP contribution in [-0.2, 0) is 6.54 Å². The highest BCUT2D eigenvalue weighted by atomic mass is 79.9. The fraction of sp³-hybridized carbons (Fsp3) is 0.385. The van der Waals surface area contributed by atoms with E-state index in [0.29, 0.717) is 5.75 Å². The number of phenols is 1. The molecular formula is C13H16BrNO. The largest absolute Gasteiger partial charge is 0.508 e. The fourth-order valence-electron chi connectivity index (χ4n) is 1.40. The van der Waals surface area contributed by atoms with Crippen molar-refractivity contribution >= 4 is 15.9 Å². The second-order valence-corrected chi connectivity index (χ2v) is 4.47. The van der Waals surface area contributed by atoms with Crippen molar-refractivity contribution in [3.05, 3.63) is 28.2 Å². The van der Waals surface area contributed by atoms with Gasteiger partial charge in [-0.2, -0.15) is 0 Å². The number of halogens is 1. The van der Waals surface area contributed by atoms with Crippen molar-refractivity contribution in [3.8, 4) is 18.1 Å². The van der Waals surface area contributed by atoms with Gasteiger partial charge in [0.15, 0.2) is 0 Å². The van der Waals surface area contributed by atoms with Gasteiger partial charge in [-0.1, -0.05) is 15.9 Å². The maximum absolute atomic E-state index is 9.34. The third-order valence-corrected chi connectivity index (χ3v) is 3.04. The molecule has 0 aromatic heterocycles. The number of hydrogen-bond acceptors (Lipinski definition) is 2. The van der Waals surface area contributed by atoms with Gasteiger partial charge in [-0.05, 0) is 43.1 Å². The smallest absolute Gasteiger partial charge is 0.115 e. The number of benzene rings is 1. The molecule has 1 aromatic rings. The van der Waals surface area contributed by atoms with Crippen LogP contribution >= 0.6 is 15.9 Å². The van der Waals surface area contributed by atoms with E-state index in [9.17, 15) is 5.11 Å². The zero-order chi connectivity index (χ0) is 11.8. The normalized spacial score (nSPS) is 10.0. The molecule has 0 saturated heterocycles. The summed E-state index contributed by atoms with van der Waals surface area (Å²) in [4.78, 5) is 0. The van der Waals surface area contributed by atoms with Crippen molar-refractivity contribution in [1.29, 1.82) is 0 Å². The Balaban J connectivity index is 2.27. The van der Waals surface area contributed by atoms with E-state index in [1.54, 1.807) is 12.1 Å². The van der Waals surface area contributed by atoms with Gasteiger partial charge in [-0.3, -0.25) is 0 Å². The Kier molecular flexibility index (Phi) is 5.99. The van der Waals surface area contributed by atoms with Crippen molar-refractivity contribution in [1.82, 2.24) is 5.32 Å². The highest BCUT2D eigenvalue weighted by molar-refractivity contribution is 9.10. The van der Waals surface area contributed by atoms with E-state index in [1.807, 2.05) is 6.07 Å². The summed E-state index contributed by atoms with van der Waals surface area (Å²) in [5.41, 5.74) is 1.07. The lowest BCUT2D eigenvalue weighted by Crippen LogP contribution is -2.14. The number of nitrogens with one attached hydrogen (secondary N) is 1. The lowest BCUT2D eigenvalue weighted by molar-refractivity contribution is 0.474. The molecule has 0 unspecified atom stereocenters. The minimum absolute atomic E-state index is 0.298. The molecule has 2 N–H and O–H groups in total.